The first kappa shape index (κ1) is 22.9. The summed E-state index contributed by atoms with van der Waals surface area (Å²) in [5, 5.41) is 0. The minimum absolute atomic E-state index is 0.202. The number of anilines is 1. The van der Waals surface area contributed by atoms with E-state index >= 15 is 0 Å². The summed E-state index contributed by atoms with van der Waals surface area (Å²) in [6, 6.07) is 8.11. The topological polar surface area (TPSA) is 64.8 Å². The van der Waals surface area contributed by atoms with Gasteiger partial charge in [-0.3, -0.25) is 4.79 Å². The average molecular weight is 417 g/mol. The molecule has 2 rings (SSSR count). The van der Waals surface area contributed by atoms with Gasteiger partial charge in [-0.2, -0.15) is 0 Å². The molecule has 1 aromatic heterocycles. The Labute approximate surface area is 177 Å². The Bertz CT molecular complexity index is 835. The number of oxazole rings is 1. The maximum Gasteiger partial charge on any atom is 0.315 e. The molecule has 0 saturated carbocycles. The molecule has 0 N–H and O–H groups in total. The van der Waals surface area contributed by atoms with Gasteiger partial charge < -0.3 is 18.8 Å². The van der Waals surface area contributed by atoms with Crippen molar-refractivity contribution in [2.75, 3.05) is 50.3 Å². The van der Waals surface area contributed by atoms with Gasteiger partial charge in [0.2, 0.25) is 5.89 Å². The van der Waals surface area contributed by atoms with Crippen molar-refractivity contribution >= 4 is 23.4 Å². The number of ether oxygens (including phenoxy) is 2. The van der Waals surface area contributed by atoms with Crippen LogP contribution in [0.2, 0.25) is 0 Å². The van der Waals surface area contributed by atoms with Crippen LogP contribution in [0, 0.1) is 18.8 Å². The van der Waals surface area contributed by atoms with Gasteiger partial charge in [-0.15, -0.1) is 11.8 Å². The molecule has 1 aromatic carbocycles. The van der Waals surface area contributed by atoms with Crippen molar-refractivity contribution in [1.82, 2.24) is 4.98 Å². The normalized spacial score (nSPS) is 10.3. The second kappa shape index (κ2) is 12.2. The van der Waals surface area contributed by atoms with E-state index < -0.39 is 0 Å². The highest BCUT2D eigenvalue weighted by atomic mass is 32.2. The second-order valence-corrected chi connectivity index (χ2v) is 7.40. The number of benzene rings is 1. The Hall–Kier alpha value is -2.43. The molecule has 0 bridgehead atoms. The third-order valence-electron chi connectivity index (χ3n) is 4.01. The Kier molecular flexibility index (Phi) is 9.62. The van der Waals surface area contributed by atoms with Crippen LogP contribution in [0.25, 0.3) is 11.5 Å². The first-order chi connectivity index (χ1) is 14.0. The summed E-state index contributed by atoms with van der Waals surface area (Å²) in [7, 11) is 4.02. The fourth-order valence-corrected chi connectivity index (χ4v) is 3.02. The minimum Gasteiger partial charge on any atom is -0.465 e. The van der Waals surface area contributed by atoms with Gasteiger partial charge in [-0.1, -0.05) is 11.8 Å². The molecule has 29 heavy (non-hydrogen) atoms. The molecule has 2 aromatic rings. The monoisotopic (exact) mass is 416 g/mol. The first-order valence-electron chi connectivity index (χ1n) is 9.52. The van der Waals surface area contributed by atoms with Crippen molar-refractivity contribution in [2.45, 2.75) is 20.3 Å². The quantitative estimate of drug-likeness (QED) is 0.333. The SMILES string of the molecule is CCOC(=O)CSCC#CCOCCc1nc(-c2ccc(N(C)C)cc2)oc1C. The predicted molar refractivity (Wildman–Crippen MR) is 117 cm³/mol. The maximum atomic E-state index is 11.2. The van der Waals surface area contributed by atoms with Crippen LogP contribution >= 0.6 is 11.8 Å². The fourth-order valence-electron chi connectivity index (χ4n) is 2.47. The van der Waals surface area contributed by atoms with Gasteiger partial charge in [0.25, 0.3) is 0 Å². The molecule has 0 aliphatic rings. The van der Waals surface area contributed by atoms with Crippen molar-refractivity contribution in [2.24, 2.45) is 0 Å². The van der Waals surface area contributed by atoms with Crippen LogP contribution in [0.5, 0.6) is 0 Å². The van der Waals surface area contributed by atoms with Gasteiger partial charge in [-0.25, -0.2) is 4.98 Å². The predicted octanol–water partition coefficient (Wildman–Crippen LogP) is 3.57. The van der Waals surface area contributed by atoms with Gasteiger partial charge >= 0.3 is 5.97 Å². The number of carbonyl (C=O) groups excluding carboxylic acids is 1. The molecule has 1 heterocycles. The van der Waals surface area contributed by atoms with Gasteiger partial charge in [0, 0.05) is 31.8 Å². The lowest BCUT2D eigenvalue weighted by atomic mass is 10.2. The van der Waals surface area contributed by atoms with E-state index in [1.54, 1.807) is 6.92 Å². The highest BCUT2D eigenvalue weighted by molar-refractivity contribution is 8.00. The van der Waals surface area contributed by atoms with Crippen LogP contribution in [0.15, 0.2) is 28.7 Å². The third-order valence-corrected chi connectivity index (χ3v) is 4.79. The van der Waals surface area contributed by atoms with E-state index in [0.29, 0.717) is 43.6 Å². The highest BCUT2D eigenvalue weighted by Gasteiger charge is 2.11. The van der Waals surface area contributed by atoms with Crippen molar-refractivity contribution < 1.29 is 18.7 Å². The van der Waals surface area contributed by atoms with Gasteiger partial charge in [0.1, 0.15) is 12.4 Å². The van der Waals surface area contributed by atoms with Crippen molar-refractivity contribution in [3.05, 3.63) is 35.7 Å². The molecule has 0 unspecified atom stereocenters. The third kappa shape index (κ3) is 7.84. The molecule has 0 amide bonds. The van der Waals surface area contributed by atoms with Crippen LogP contribution in [-0.4, -0.2) is 56.4 Å². The number of hydrogen-bond donors (Lipinski definition) is 0. The minimum atomic E-state index is -0.202. The maximum absolute atomic E-state index is 11.2. The summed E-state index contributed by atoms with van der Waals surface area (Å²) in [6.45, 7) is 5.01. The molecular weight excluding hydrogens is 388 g/mol. The Morgan fingerprint density at radius 2 is 2.00 bits per heavy atom. The molecule has 6 nitrogen and oxygen atoms in total. The van der Waals surface area contributed by atoms with Gasteiger partial charge in [-0.05, 0) is 38.1 Å². The van der Waals surface area contributed by atoms with Gasteiger partial charge in [0.05, 0.1) is 30.4 Å². The van der Waals surface area contributed by atoms with Crippen molar-refractivity contribution in [1.29, 1.82) is 0 Å². The molecular formula is C22H28N2O4S. The number of aryl methyl sites for hydroxylation is 1. The van der Waals surface area contributed by atoms with Crippen LogP contribution in [0.1, 0.15) is 18.4 Å². The smallest absolute Gasteiger partial charge is 0.315 e. The number of aromatic nitrogens is 1. The molecule has 156 valence electrons. The standard InChI is InChI=1S/C22H28N2O4S/c1-5-27-21(25)16-29-15-7-6-13-26-14-12-20-17(2)28-22(23-20)18-8-10-19(11-9-18)24(3)4/h8-11H,5,12-16H2,1-4H3. The molecule has 0 aliphatic carbocycles. The zero-order valence-corrected chi connectivity index (χ0v) is 18.3. The molecule has 0 atom stereocenters. The lowest BCUT2D eigenvalue weighted by Crippen LogP contribution is -2.07. The summed E-state index contributed by atoms with van der Waals surface area (Å²) in [6.07, 6.45) is 0.671. The molecule has 0 spiro atoms. The summed E-state index contributed by atoms with van der Waals surface area (Å²) in [5.41, 5.74) is 2.98. The van der Waals surface area contributed by atoms with E-state index in [-0.39, 0.29) is 5.97 Å². The first-order valence-corrected chi connectivity index (χ1v) is 10.7. The lowest BCUT2D eigenvalue weighted by Gasteiger charge is -2.11. The fraction of sp³-hybridized carbons (Fsp3) is 0.455. The molecule has 0 saturated heterocycles. The van der Waals surface area contributed by atoms with Crippen LogP contribution in [0.4, 0.5) is 5.69 Å². The molecule has 0 aliphatic heterocycles. The number of rotatable bonds is 10. The number of hydrogen-bond acceptors (Lipinski definition) is 7. The van der Waals surface area contributed by atoms with E-state index in [2.05, 4.69) is 21.7 Å². The van der Waals surface area contributed by atoms with Crippen LogP contribution < -0.4 is 4.90 Å². The average Bonchev–Trinajstić information content (AvgIpc) is 3.07. The Balaban J connectivity index is 1.71. The van der Waals surface area contributed by atoms with E-state index in [4.69, 9.17) is 13.9 Å². The zero-order chi connectivity index (χ0) is 21.1. The van der Waals surface area contributed by atoms with Gasteiger partial charge in [0.15, 0.2) is 0 Å². The van der Waals surface area contributed by atoms with Crippen molar-refractivity contribution in [3.63, 3.8) is 0 Å². The summed E-state index contributed by atoms with van der Waals surface area (Å²) >= 11 is 1.44. The molecule has 0 radical (unpaired) electrons. The molecule has 7 heteroatoms. The Morgan fingerprint density at radius 1 is 1.24 bits per heavy atom. The second-order valence-electron chi connectivity index (χ2n) is 6.42. The van der Waals surface area contributed by atoms with E-state index in [0.717, 1.165) is 22.7 Å². The van der Waals surface area contributed by atoms with Crippen molar-refractivity contribution in [3.8, 4) is 23.3 Å². The van der Waals surface area contributed by atoms with Crippen LogP contribution in [-0.2, 0) is 20.7 Å². The summed E-state index contributed by atoms with van der Waals surface area (Å²) in [4.78, 5) is 17.8. The number of nitrogens with zero attached hydrogens (tertiary/aromatic N) is 2. The summed E-state index contributed by atoms with van der Waals surface area (Å²) < 4.78 is 16.2. The number of thioether (sulfide) groups is 1. The molecule has 0 fully saturated rings. The lowest BCUT2D eigenvalue weighted by molar-refractivity contribution is -0.139. The Morgan fingerprint density at radius 3 is 2.69 bits per heavy atom. The largest absolute Gasteiger partial charge is 0.465 e. The summed E-state index contributed by atoms with van der Waals surface area (Å²) in [5.74, 6) is 8.06. The van der Waals surface area contributed by atoms with Crippen LogP contribution in [0.3, 0.4) is 0 Å². The van der Waals surface area contributed by atoms with E-state index in [1.807, 2.05) is 45.3 Å². The number of carbonyl (C=O) groups is 1. The number of esters is 1. The van der Waals surface area contributed by atoms with E-state index in [1.165, 1.54) is 11.8 Å². The zero-order valence-electron chi connectivity index (χ0n) is 17.5. The highest BCUT2D eigenvalue weighted by Crippen LogP contribution is 2.24. The van der Waals surface area contributed by atoms with E-state index in [9.17, 15) is 4.79 Å².